The van der Waals surface area contributed by atoms with E-state index in [2.05, 4.69) is 4.98 Å². The SMILES string of the molecule is NC(C(=O)O)c1cn2c(n1)CCCC2. The molecule has 0 saturated carbocycles. The van der Waals surface area contributed by atoms with Gasteiger partial charge < -0.3 is 15.4 Å². The van der Waals surface area contributed by atoms with Gasteiger partial charge in [0.05, 0.1) is 5.69 Å². The molecular formula is C9H13N3O2. The quantitative estimate of drug-likeness (QED) is 0.711. The summed E-state index contributed by atoms with van der Waals surface area (Å²) in [6.45, 7) is 0.925. The van der Waals surface area contributed by atoms with E-state index in [1.54, 1.807) is 6.20 Å². The Morgan fingerprint density at radius 1 is 1.64 bits per heavy atom. The van der Waals surface area contributed by atoms with E-state index < -0.39 is 12.0 Å². The minimum atomic E-state index is -1.03. The van der Waals surface area contributed by atoms with Crippen molar-refractivity contribution in [2.24, 2.45) is 5.73 Å². The molecule has 0 amide bonds. The second-order valence-electron chi connectivity index (χ2n) is 3.55. The Labute approximate surface area is 81.5 Å². The smallest absolute Gasteiger partial charge is 0.326 e. The number of aryl methyl sites for hydroxylation is 2. The number of carboxylic acids is 1. The summed E-state index contributed by atoms with van der Waals surface area (Å²) in [7, 11) is 0. The summed E-state index contributed by atoms with van der Waals surface area (Å²) in [5, 5.41) is 8.72. The molecule has 3 N–H and O–H groups in total. The fourth-order valence-corrected chi connectivity index (χ4v) is 1.71. The fourth-order valence-electron chi connectivity index (χ4n) is 1.71. The van der Waals surface area contributed by atoms with Gasteiger partial charge in [0.25, 0.3) is 0 Å². The number of hydrogen-bond acceptors (Lipinski definition) is 3. The number of aliphatic carboxylic acids is 1. The Hall–Kier alpha value is -1.36. The first-order valence-electron chi connectivity index (χ1n) is 4.73. The number of rotatable bonds is 2. The van der Waals surface area contributed by atoms with Crippen molar-refractivity contribution < 1.29 is 9.90 Å². The molecule has 76 valence electrons. The van der Waals surface area contributed by atoms with Crippen LogP contribution in [0.2, 0.25) is 0 Å². The molecule has 2 heterocycles. The summed E-state index contributed by atoms with van der Waals surface area (Å²) < 4.78 is 2.00. The Balaban J connectivity index is 2.28. The Bertz CT molecular complexity index is 335. The van der Waals surface area contributed by atoms with E-state index in [-0.39, 0.29) is 0 Å². The van der Waals surface area contributed by atoms with Gasteiger partial charge in [0.15, 0.2) is 0 Å². The lowest BCUT2D eigenvalue weighted by Crippen LogP contribution is -2.20. The van der Waals surface area contributed by atoms with Crippen LogP contribution in [-0.4, -0.2) is 20.6 Å². The maximum atomic E-state index is 10.6. The molecule has 0 fully saturated rings. The topological polar surface area (TPSA) is 81.1 Å². The molecule has 1 aromatic heterocycles. The van der Waals surface area contributed by atoms with Gasteiger partial charge in [0.2, 0.25) is 0 Å². The van der Waals surface area contributed by atoms with E-state index >= 15 is 0 Å². The van der Waals surface area contributed by atoms with Crippen molar-refractivity contribution in [3.8, 4) is 0 Å². The summed E-state index contributed by atoms with van der Waals surface area (Å²) in [5.41, 5.74) is 5.94. The van der Waals surface area contributed by atoms with Crippen LogP contribution >= 0.6 is 0 Å². The third kappa shape index (κ3) is 1.50. The number of imidazole rings is 1. The summed E-state index contributed by atoms with van der Waals surface area (Å²) in [6, 6.07) is -0.993. The molecule has 1 aliphatic heterocycles. The van der Waals surface area contributed by atoms with Crippen LogP contribution in [0, 0.1) is 0 Å². The van der Waals surface area contributed by atoms with Crippen molar-refractivity contribution in [1.29, 1.82) is 0 Å². The molecule has 14 heavy (non-hydrogen) atoms. The first-order chi connectivity index (χ1) is 6.68. The average molecular weight is 195 g/mol. The second-order valence-corrected chi connectivity index (χ2v) is 3.55. The van der Waals surface area contributed by atoms with Crippen LogP contribution in [0.5, 0.6) is 0 Å². The number of fused-ring (bicyclic) bond motifs is 1. The van der Waals surface area contributed by atoms with Gasteiger partial charge in [0, 0.05) is 19.2 Å². The lowest BCUT2D eigenvalue weighted by Gasteiger charge is -2.11. The number of carbonyl (C=O) groups is 1. The third-order valence-corrected chi connectivity index (χ3v) is 2.51. The number of carboxylic acid groups (broad SMARTS) is 1. The van der Waals surface area contributed by atoms with Crippen LogP contribution in [0.15, 0.2) is 6.20 Å². The van der Waals surface area contributed by atoms with Gasteiger partial charge in [-0.15, -0.1) is 0 Å². The van der Waals surface area contributed by atoms with Crippen LogP contribution in [0.25, 0.3) is 0 Å². The highest BCUT2D eigenvalue weighted by Crippen LogP contribution is 2.17. The number of nitrogens with zero attached hydrogens (tertiary/aromatic N) is 2. The lowest BCUT2D eigenvalue weighted by atomic mass is 10.2. The molecule has 1 unspecified atom stereocenters. The van der Waals surface area contributed by atoms with E-state index in [1.807, 2.05) is 4.57 Å². The molecule has 0 saturated heterocycles. The minimum absolute atomic E-state index is 0.467. The first kappa shape index (κ1) is 9.21. The molecule has 0 bridgehead atoms. The van der Waals surface area contributed by atoms with Gasteiger partial charge >= 0.3 is 5.97 Å². The normalized spacial score (nSPS) is 17.5. The predicted octanol–water partition coefficient (Wildman–Crippen LogP) is 0.304. The van der Waals surface area contributed by atoms with Gasteiger partial charge in [-0.3, -0.25) is 4.79 Å². The maximum absolute atomic E-state index is 10.6. The van der Waals surface area contributed by atoms with Crippen molar-refractivity contribution in [2.45, 2.75) is 31.8 Å². The summed E-state index contributed by atoms with van der Waals surface area (Å²) >= 11 is 0. The number of hydrogen-bond donors (Lipinski definition) is 2. The molecule has 0 spiro atoms. The van der Waals surface area contributed by atoms with Crippen molar-refractivity contribution in [1.82, 2.24) is 9.55 Å². The molecule has 0 aliphatic carbocycles. The summed E-state index contributed by atoms with van der Waals surface area (Å²) in [5.74, 6) is -0.0663. The predicted molar refractivity (Wildman–Crippen MR) is 49.7 cm³/mol. The van der Waals surface area contributed by atoms with Crippen molar-refractivity contribution >= 4 is 5.97 Å². The molecule has 1 aromatic rings. The maximum Gasteiger partial charge on any atom is 0.326 e. The van der Waals surface area contributed by atoms with Crippen LogP contribution in [0.1, 0.15) is 30.4 Å². The zero-order valence-corrected chi connectivity index (χ0v) is 7.81. The highest BCUT2D eigenvalue weighted by Gasteiger charge is 2.20. The first-order valence-corrected chi connectivity index (χ1v) is 4.73. The molecular weight excluding hydrogens is 182 g/mol. The van der Waals surface area contributed by atoms with Crippen molar-refractivity contribution in [3.63, 3.8) is 0 Å². The standard InChI is InChI=1S/C9H13N3O2/c10-8(9(13)14)6-5-12-4-2-1-3-7(12)11-6/h5,8H,1-4,10H2,(H,13,14). The number of aromatic nitrogens is 2. The molecule has 1 aliphatic rings. The van der Waals surface area contributed by atoms with Gasteiger partial charge in [-0.25, -0.2) is 4.98 Å². The van der Waals surface area contributed by atoms with Gasteiger partial charge in [-0.05, 0) is 12.8 Å². The Morgan fingerprint density at radius 3 is 3.07 bits per heavy atom. The summed E-state index contributed by atoms with van der Waals surface area (Å²) in [6.07, 6.45) is 4.93. The van der Waals surface area contributed by atoms with E-state index in [0.29, 0.717) is 5.69 Å². The Morgan fingerprint density at radius 2 is 2.43 bits per heavy atom. The number of nitrogens with two attached hydrogens (primary N) is 1. The third-order valence-electron chi connectivity index (χ3n) is 2.51. The van der Waals surface area contributed by atoms with Crippen LogP contribution < -0.4 is 5.73 Å². The molecule has 1 atom stereocenters. The highest BCUT2D eigenvalue weighted by atomic mass is 16.4. The Kier molecular flexibility index (Phi) is 2.25. The molecule has 0 aromatic carbocycles. The average Bonchev–Trinajstić information content (AvgIpc) is 2.59. The van der Waals surface area contributed by atoms with Crippen LogP contribution in [-0.2, 0) is 17.8 Å². The second kappa shape index (κ2) is 3.42. The van der Waals surface area contributed by atoms with Crippen LogP contribution in [0.3, 0.4) is 0 Å². The largest absolute Gasteiger partial charge is 0.480 e. The zero-order valence-electron chi connectivity index (χ0n) is 7.81. The lowest BCUT2D eigenvalue weighted by molar-refractivity contribution is -0.138. The fraction of sp³-hybridized carbons (Fsp3) is 0.556. The minimum Gasteiger partial charge on any atom is -0.480 e. The molecule has 0 radical (unpaired) electrons. The van der Waals surface area contributed by atoms with E-state index in [9.17, 15) is 4.79 Å². The highest BCUT2D eigenvalue weighted by molar-refractivity contribution is 5.74. The summed E-state index contributed by atoms with van der Waals surface area (Å²) in [4.78, 5) is 14.9. The zero-order chi connectivity index (χ0) is 10.1. The monoisotopic (exact) mass is 195 g/mol. The molecule has 2 rings (SSSR count). The van der Waals surface area contributed by atoms with Crippen LogP contribution in [0.4, 0.5) is 0 Å². The van der Waals surface area contributed by atoms with Gasteiger partial charge in [0.1, 0.15) is 11.9 Å². The van der Waals surface area contributed by atoms with Crippen molar-refractivity contribution in [2.75, 3.05) is 0 Å². The van der Waals surface area contributed by atoms with E-state index in [1.165, 1.54) is 0 Å². The van der Waals surface area contributed by atoms with Crippen molar-refractivity contribution in [3.05, 3.63) is 17.7 Å². The van der Waals surface area contributed by atoms with E-state index in [0.717, 1.165) is 31.6 Å². The van der Waals surface area contributed by atoms with Gasteiger partial charge in [-0.1, -0.05) is 0 Å². The van der Waals surface area contributed by atoms with Gasteiger partial charge in [-0.2, -0.15) is 0 Å². The van der Waals surface area contributed by atoms with E-state index in [4.69, 9.17) is 10.8 Å². The molecule has 5 heteroatoms. The molecule has 5 nitrogen and oxygen atoms in total.